The number of piperazine rings is 1. The number of likely N-dealkylation sites (N-methyl/N-ethyl adjacent to an activating group) is 1. The van der Waals surface area contributed by atoms with Gasteiger partial charge in [0, 0.05) is 45.0 Å². The van der Waals surface area contributed by atoms with Crippen LogP contribution in [0.2, 0.25) is 0 Å². The molecule has 1 aliphatic heterocycles. The Hall–Kier alpha value is -3.17. The predicted molar refractivity (Wildman–Crippen MR) is 110 cm³/mol. The van der Waals surface area contributed by atoms with Crippen LogP contribution < -0.4 is 15.4 Å². The normalized spacial score (nSPS) is 15.4. The fourth-order valence-corrected chi connectivity index (χ4v) is 3.61. The van der Waals surface area contributed by atoms with E-state index in [1.54, 1.807) is 23.0 Å². The number of aromatic nitrogens is 4. The maximum atomic E-state index is 6.16. The fraction of sp³-hybridized carbons (Fsp3) is 0.350. The number of imidazole rings is 1. The summed E-state index contributed by atoms with van der Waals surface area (Å²) in [5.74, 6) is 2.15. The largest absolute Gasteiger partial charge is 0.475 e. The average molecular weight is 393 g/mol. The molecule has 4 aromatic rings. The molecule has 29 heavy (non-hydrogen) atoms. The van der Waals surface area contributed by atoms with Gasteiger partial charge in [-0.2, -0.15) is 0 Å². The lowest BCUT2D eigenvalue weighted by Gasteiger charge is -2.33. The topological polar surface area (TPSA) is 98.0 Å². The van der Waals surface area contributed by atoms with Crippen LogP contribution in [-0.4, -0.2) is 70.9 Å². The van der Waals surface area contributed by atoms with Crippen molar-refractivity contribution in [1.82, 2.24) is 24.5 Å². The van der Waals surface area contributed by atoms with E-state index in [0.29, 0.717) is 24.8 Å². The third-order valence-corrected chi connectivity index (χ3v) is 5.19. The fourth-order valence-electron chi connectivity index (χ4n) is 3.61. The molecule has 5 heterocycles. The molecular weight excluding hydrogens is 370 g/mol. The molecule has 0 unspecified atom stereocenters. The van der Waals surface area contributed by atoms with Gasteiger partial charge >= 0.3 is 0 Å². The molecule has 0 spiro atoms. The highest BCUT2D eigenvalue weighted by molar-refractivity contribution is 5.92. The van der Waals surface area contributed by atoms with Crippen molar-refractivity contribution in [3.05, 3.63) is 36.7 Å². The number of furan rings is 1. The van der Waals surface area contributed by atoms with Crippen molar-refractivity contribution in [1.29, 1.82) is 0 Å². The van der Waals surface area contributed by atoms with Crippen LogP contribution in [0.4, 0.5) is 5.82 Å². The second-order valence-corrected chi connectivity index (χ2v) is 7.17. The molecule has 1 aliphatic rings. The first kappa shape index (κ1) is 17.9. The minimum absolute atomic E-state index is 0.410. The van der Waals surface area contributed by atoms with Gasteiger partial charge in [-0.3, -0.25) is 0 Å². The molecule has 150 valence electrons. The van der Waals surface area contributed by atoms with Gasteiger partial charge in [-0.05, 0) is 25.2 Å². The summed E-state index contributed by atoms with van der Waals surface area (Å²) in [5.41, 5.74) is 7.80. The van der Waals surface area contributed by atoms with Crippen LogP contribution in [0.25, 0.3) is 28.1 Å². The third-order valence-electron chi connectivity index (χ3n) is 5.19. The van der Waals surface area contributed by atoms with Crippen molar-refractivity contribution in [3.8, 4) is 17.3 Å². The van der Waals surface area contributed by atoms with Crippen molar-refractivity contribution < 1.29 is 9.15 Å². The summed E-state index contributed by atoms with van der Waals surface area (Å²) in [5, 5.41) is 5.52. The van der Waals surface area contributed by atoms with Gasteiger partial charge in [-0.25, -0.2) is 14.5 Å². The molecule has 0 atom stereocenters. The standard InChI is InChI=1S/C20H23N7O2/c1-25-7-9-26(10-8-25)20-14-12-17(29-16(14)4-6-22-20)15-13-23-18-2-3-19(24-27(15)18)28-11-5-21/h2-4,6,12-13H,5,7-11,21H2,1H3. The molecule has 1 fully saturated rings. The van der Waals surface area contributed by atoms with Crippen LogP contribution in [0.1, 0.15) is 0 Å². The summed E-state index contributed by atoms with van der Waals surface area (Å²) >= 11 is 0. The maximum absolute atomic E-state index is 6.16. The Labute approximate surface area is 167 Å². The molecule has 9 heteroatoms. The van der Waals surface area contributed by atoms with Gasteiger partial charge in [-0.15, -0.1) is 5.10 Å². The van der Waals surface area contributed by atoms with Crippen molar-refractivity contribution in [2.75, 3.05) is 51.3 Å². The van der Waals surface area contributed by atoms with Crippen molar-refractivity contribution in [3.63, 3.8) is 0 Å². The molecular formula is C20H23N7O2. The maximum Gasteiger partial charge on any atom is 0.231 e. The molecule has 4 aromatic heterocycles. The van der Waals surface area contributed by atoms with E-state index in [0.717, 1.165) is 54.3 Å². The summed E-state index contributed by atoms with van der Waals surface area (Å²) < 4.78 is 13.4. The highest BCUT2D eigenvalue weighted by atomic mass is 16.5. The van der Waals surface area contributed by atoms with Crippen LogP contribution in [0, 0.1) is 0 Å². The molecule has 2 N–H and O–H groups in total. The minimum atomic E-state index is 0.410. The first-order valence-corrected chi connectivity index (χ1v) is 9.73. The summed E-state index contributed by atoms with van der Waals surface area (Å²) in [4.78, 5) is 13.7. The predicted octanol–water partition coefficient (Wildman–Crippen LogP) is 1.63. The summed E-state index contributed by atoms with van der Waals surface area (Å²) in [6.07, 6.45) is 3.56. The number of nitrogens with zero attached hydrogens (tertiary/aromatic N) is 6. The second kappa shape index (κ2) is 7.34. The van der Waals surface area contributed by atoms with E-state index in [4.69, 9.17) is 14.9 Å². The molecule has 0 bridgehead atoms. The second-order valence-electron chi connectivity index (χ2n) is 7.17. The Morgan fingerprint density at radius 1 is 1.14 bits per heavy atom. The highest BCUT2D eigenvalue weighted by Crippen LogP contribution is 2.33. The van der Waals surface area contributed by atoms with Crippen LogP contribution in [0.5, 0.6) is 5.88 Å². The van der Waals surface area contributed by atoms with E-state index in [9.17, 15) is 0 Å². The van der Waals surface area contributed by atoms with Gasteiger partial charge in [0.1, 0.15) is 23.7 Å². The van der Waals surface area contributed by atoms with Crippen LogP contribution in [0.3, 0.4) is 0 Å². The van der Waals surface area contributed by atoms with Crippen LogP contribution in [-0.2, 0) is 0 Å². The van der Waals surface area contributed by atoms with Gasteiger partial charge in [0.2, 0.25) is 5.88 Å². The first-order valence-electron chi connectivity index (χ1n) is 9.73. The Kier molecular flexibility index (Phi) is 4.53. The molecule has 0 radical (unpaired) electrons. The van der Waals surface area contributed by atoms with Crippen LogP contribution >= 0.6 is 0 Å². The average Bonchev–Trinajstić information content (AvgIpc) is 3.36. The van der Waals surface area contributed by atoms with E-state index >= 15 is 0 Å². The number of hydrogen-bond donors (Lipinski definition) is 1. The molecule has 5 rings (SSSR count). The van der Waals surface area contributed by atoms with Crippen molar-refractivity contribution >= 4 is 22.4 Å². The Morgan fingerprint density at radius 2 is 2.00 bits per heavy atom. The van der Waals surface area contributed by atoms with E-state index in [-0.39, 0.29) is 0 Å². The monoisotopic (exact) mass is 393 g/mol. The molecule has 0 aliphatic carbocycles. The number of rotatable bonds is 5. The first-order chi connectivity index (χ1) is 14.2. The zero-order valence-corrected chi connectivity index (χ0v) is 16.3. The summed E-state index contributed by atoms with van der Waals surface area (Å²) in [7, 11) is 2.14. The molecule has 0 aromatic carbocycles. The molecule has 1 saturated heterocycles. The number of nitrogens with two attached hydrogens (primary N) is 1. The number of pyridine rings is 1. The van der Waals surface area contributed by atoms with E-state index < -0.39 is 0 Å². The lowest BCUT2D eigenvalue weighted by molar-refractivity contribution is 0.310. The summed E-state index contributed by atoms with van der Waals surface area (Å²) in [6.45, 7) is 4.77. The lowest BCUT2D eigenvalue weighted by Crippen LogP contribution is -2.44. The quantitative estimate of drug-likeness (QED) is 0.546. The minimum Gasteiger partial charge on any atom is -0.475 e. The number of hydrogen-bond acceptors (Lipinski definition) is 8. The molecule has 9 nitrogen and oxygen atoms in total. The molecule has 0 saturated carbocycles. The van der Waals surface area contributed by atoms with E-state index in [1.165, 1.54) is 0 Å². The third kappa shape index (κ3) is 3.28. The van der Waals surface area contributed by atoms with Crippen molar-refractivity contribution in [2.45, 2.75) is 0 Å². The van der Waals surface area contributed by atoms with Gasteiger partial charge < -0.3 is 24.7 Å². The van der Waals surface area contributed by atoms with E-state index in [2.05, 4.69) is 31.9 Å². The smallest absolute Gasteiger partial charge is 0.231 e. The number of fused-ring (bicyclic) bond motifs is 2. The van der Waals surface area contributed by atoms with Crippen LogP contribution in [0.15, 0.2) is 41.1 Å². The Morgan fingerprint density at radius 3 is 2.83 bits per heavy atom. The van der Waals surface area contributed by atoms with Crippen molar-refractivity contribution in [2.24, 2.45) is 5.73 Å². The zero-order valence-electron chi connectivity index (χ0n) is 16.3. The van der Waals surface area contributed by atoms with Gasteiger partial charge in [0.05, 0.1) is 11.6 Å². The SMILES string of the molecule is CN1CCN(c2nccc3oc(-c4cnc5ccc(OCCN)nn45)cc23)CC1. The van der Waals surface area contributed by atoms with Gasteiger partial charge in [0.25, 0.3) is 0 Å². The van der Waals surface area contributed by atoms with Gasteiger partial charge in [-0.1, -0.05) is 0 Å². The zero-order chi connectivity index (χ0) is 19.8. The Balaban J connectivity index is 1.55. The number of anilines is 1. The highest BCUT2D eigenvalue weighted by Gasteiger charge is 2.20. The Bertz CT molecular complexity index is 1140. The van der Waals surface area contributed by atoms with Gasteiger partial charge in [0.15, 0.2) is 11.4 Å². The van der Waals surface area contributed by atoms with E-state index in [1.807, 2.05) is 18.2 Å². The number of ether oxygens (including phenoxy) is 1. The summed E-state index contributed by atoms with van der Waals surface area (Å²) in [6, 6.07) is 7.57. The molecule has 0 amide bonds. The lowest BCUT2D eigenvalue weighted by atomic mass is 10.2.